The molecule has 0 heterocycles. The third kappa shape index (κ3) is 5.39. The fourth-order valence-corrected chi connectivity index (χ4v) is 2.01. The van der Waals surface area contributed by atoms with Gasteiger partial charge in [0.25, 0.3) is 0 Å². The molecule has 1 aromatic rings. The Kier molecular flexibility index (Phi) is 5.68. The zero-order valence-electron chi connectivity index (χ0n) is 11.7. The Bertz CT molecular complexity index is 449. The monoisotopic (exact) mass is 296 g/mol. The number of halogens is 1. The second kappa shape index (κ2) is 7.50. The molecular weight excluding hydrogens is 276 g/mol. The number of amides is 1. The molecule has 1 aliphatic rings. The Hall–Kier alpha value is -1.26. The van der Waals surface area contributed by atoms with Gasteiger partial charge in [-0.25, -0.2) is 0 Å². The van der Waals surface area contributed by atoms with Crippen LogP contribution in [0.5, 0.6) is 5.75 Å². The van der Waals surface area contributed by atoms with E-state index in [-0.39, 0.29) is 12.0 Å². The van der Waals surface area contributed by atoms with Crippen LogP contribution in [-0.2, 0) is 4.79 Å². The van der Waals surface area contributed by atoms with Gasteiger partial charge in [-0.05, 0) is 44.4 Å². The largest absolute Gasteiger partial charge is 0.487 e. The van der Waals surface area contributed by atoms with Crippen LogP contribution in [-0.4, -0.2) is 31.6 Å². The first-order valence-corrected chi connectivity index (χ1v) is 7.41. The third-order valence-electron chi connectivity index (χ3n) is 3.17. The van der Waals surface area contributed by atoms with E-state index in [0.717, 1.165) is 12.5 Å². The molecule has 1 unspecified atom stereocenters. The molecular formula is C15H21ClN2O2. The summed E-state index contributed by atoms with van der Waals surface area (Å²) in [6.07, 6.45) is 2.46. The second-order valence-corrected chi connectivity index (χ2v) is 5.64. The highest BCUT2D eigenvalue weighted by Gasteiger charge is 2.20. The Morgan fingerprint density at radius 3 is 2.90 bits per heavy atom. The van der Waals surface area contributed by atoms with Crippen molar-refractivity contribution in [3.8, 4) is 5.75 Å². The average Bonchev–Trinajstić information content (AvgIpc) is 3.23. The summed E-state index contributed by atoms with van der Waals surface area (Å²) in [5.74, 6) is 1.42. The minimum atomic E-state index is -0.123. The summed E-state index contributed by atoms with van der Waals surface area (Å²) in [6.45, 7) is 3.69. The molecule has 0 spiro atoms. The van der Waals surface area contributed by atoms with E-state index in [4.69, 9.17) is 16.3 Å². The third-order valence-corrected chi connectivity index (χ3v) is 3.48. The predicted octanol–water partition coefficient (Wildman–Crippen LogP) is 2.22. The Balaban J connectivity index is 1.62. The van der Waals surface area contributed by atoms with Crippen LogP contribution in [0.4, 0.5) is 0 Å². The Morgan fingerprint density at radius 2 is 2.20 bits per heavy atom. The molecule has 0 saturated heterocycles. The summed E-state index contributed by atoms with van der Waals surface area (Å²) in [6, 6.07) is 7.32. The highest BCUT2D eigenvalue weighted by Crippen LogP contribution is 2.27. The number of benzene rings is 1. The zero-order valence-corrected chi connectivity index (χ0v) is 12.5. The van der Waals surface area contributed by atoms with E-state index < -0.39 is 0 Å². The fourth-order valence-electron chi connectivity index (χ4n) is 1.83. The van der Waals surface area contributed by atoms with Crippen LogP contribution >= 0.6 is 11.6 Å². The Morgan fingerprint density at radius 1 is 1.45 bits per heavy atom. The minimum absolute atomic E-state index is 0.000239. The van der Waals surface area contributed by atoms with E-state index in [1.165, 1.54) is 12.8 Å². The fraction of sp³-hybridized carbons (Fsp3) is 0.533. The topological polar surface area (TPSA) is 50.4 Å². The van der Waals surface area contributed by atoms with Crippen molar-refractivity contribution in [2.24, 2.45) is 5.92 Å². The lowest BCUT2D eigenvalue weighted by Gasteiger charge is -2.16. The summed E-state index contributed by atoms with van der Waals surface area (Å²) >= 11 is 6.01. The van der Waals surface area contributed by atoms with Gasteiger partial charge in [-0.2, -0.15) is 0 Å². The van der Waals surface area contributed by atoms with Gasteiger partial charge in [0, 0.05) is 0 Å². The van der Waals surface area contributed by atoms with Gasteiger partial charge in [0.05, 0.1) is 18.1 Å². The molecule has 1 amide bonds. The number of hydrogen-bond donors (Lipinski definition) is 2. The van der Waals surface area contributed by atoms with E-state index in [1.807, 2.05) is 25.1 Å². The van der Waals surface area contributed by atoms with Gasteiger partial charge in [-0.3, -0.25) is 4.79 Å². The van der Waals surface area contributed by atoms with Crippen molar-refractivity contribution >= 4 is 17.5 Å². The van der Waals surface area contributed by atoms with Crippen molar-refractivity contribution in [1.82, 2.24) is 10.6 Å². The first-order valence-electron chi connectivity index (χ1n) is 7.03. The average molecular weight is 297 g/mol. The molecule has 1 atom stereocenters. The predicted molar refractivity (Wildman–Crippen MR) is 80.1 cm³/mol. The van der Waals surface area contributed by atoms with E-state index in [9.17, 15) is 4.79 Å². The summed E-state index contributed by atoms with van der Waals surface area (Å²) < 4.78 is 5.68. The molecule has 20 heavy (non-hydrogen) atoms. The second-order valence-electron chi connectivity index (χ2n) is 5.24. The van der Waals surface area contributed by atoms with E-state index in [1.54, 1.807) is 6.07 Å². The molecule has 1 saturated carbocycles. The minimum Gasteiger partial charge on any atom is -0.487 e. The van der Waals surface area contributed by atoms with Gasteiger partial charge in [-0.1, -0.05) is 23.7 Å². The zero-order chi connectivity index (χ0) is 14.4. The standard InChI is InChI=1S/C15H21ClN2O2/c1-11(20-14-5-3-2-4-13(14)16)8-18-15(19)10-17-9-12-6-7-12/h2-5,11-12,17H,6-10H2,1H3,(H,18,19). The van der Waals surface area contributed by atoms with Crippen molar-refractivity contribution in [3.05, 3.63) is 29.3 Å². The summed E-state index contributed by atoms with van der Waals surface area (Å²) in [7, 11) is 0. The van der Waals surface area contributed by atoms with Crippen molar-refractivity contribution in [2.75, 3.05) is 19.6 Å². The summed E-state index contributed by atoms with van der Waals surface area (Å²) in [5, 5.41) is 6.58. The van der Waals surface area contributed by atoms with Crippen molar-refractivity contribution in [1.29, 1.82) is 0 Å². The molecule has 1 aliphatic carbocycles. The molecule has 2 N–H and O–H groups in total. The normalized spacial score (nSPS) is 15.7. The molecule has 2 rings (SSSR count). The lowest BCUT2D eigenvalue weighted by molar-refractivity contribution is -0.120. The molecule has 0 aromatic heterocycles. The van der Waals surface area contributed by atoms with Crippen LogP contribution in [0.2, 0.25) is 5.02 Å². The SMILES string of the molecule is CC(CNC(=O)CNCC1CC1)Oc1ccccc1Cl. The van der Waals surface area contributed by atoms with Crippen molar-refractivity contribution in [3.63, 3.8) is 0 Å². The van der Waals surface area contributed by atoms with E-state index >= 15 is 0 Å². The highest BCUT2D eigenvalue weighted by molar-refractivity contribution is 6.32. The smallest absolute Gasteiger partial charge is 0.234 e. The van der Waals surface area contributed by atoms with Crippen LogP contribution in [0, 0.1) is 5.92 Å². The molecule has 0 bridgehead atoms. The van der Waals surface area contributed by atoms with Crippen LogP contribution < -0.4 is 15.4 Å². The number of carbonyl (C=O) groups is 1. The van der Waals surface area contributed by atoms with Crippen LogP contribution in [0.1, 0.15) is 19.8 Å². The Labute approximate surface area is 124 Å². The van der Waals surface area contributed by atoms with Gasteiger partial charge in [0.1, 0.15) is 11.9 Å². The first kappa shape index (κ1) is 15.1. The number of para-hydroxylation sites is 1. The van der Waals surface area contributed by atoms with Gasteiger partial charge < -0.3 is 15.4 Å². The maximum atomic E-state index is 11.6. The molecule has 4 nitrogen and oxygen atoms in total. The number of hydrogen-bond acceptors (Lipinski definition) is 3. The number of nitrogens with one attached hydrogen (secondary N) is 2. The van der Waals surface area contributed by atoms with Crippen LogP contribution in [0.25, 0.3) is 0 Å². The number of ether oxygens (including phenoxy) is 1. The van der Waals surface area contributed by atoms with Crippen molar-refractivity contribution in [2.45, 2.75) is 25.9 Å². The van der Waals surface area contributed by atoms with Gasteiger partial charge in [-0.15, -0.1) is 0 Å². The molecule has 0 aliphatic heterocycles. The van der Waals surface area contributed by atoms with E-state index in [2.05, 4.69) is 10.6 Å². The molecule has 1 aromatic carbocycles. The molecule has 0 radical (unpaired) electrons. The summed E-state index contributed by atoms with van der Waals surface area (Å²) in [4.78, 5) is 11.6. The molecule has 5 heteroatoms. The first-order chi connectivity index (χ1) is 9.65. The maximum absolute atomic E-state index is 11.6. The molecule has 1 fully saturated rings. The quantitative estimate of drug-likeness (QED) is 0.773. The number of carbonyl (C=O) groups excluding carboxylic acids is 1. The highest BCUT2D eigenvalue weighted by atomic mass is 35.5. The van der Waals surface area contributed by atoms with Crippen molar-refractivity contribution < 1.29 is 9.53 Å². The lowest BCUT2D eigenvalue weighted by Crippen LogP contribution is -2.39. The lowest BCUT2D eigenvalue weighted by atomic mass is 10.3. The van der Waals surface area contributed by atoms with Gasteiger partial charge in [0.15, 0.2) is 0 Å². The van der Waals surface area contributed by atoms with Gasteiger partial charge >= 0.3 is 0 Å². The van der Waals surface area contributed by atoms with Crippen LogP contribution in [0.3, 0.4) is 0 Å². The number of rotatable bonds is 8. The van der Waals surface area contributed by atoms with E-state index in [0.29, 0.717) is 23.9 Å². The van der Waals surface area contributed by atoms with Gasteiger partial charge in [0.2, 0.25) is 5.91 Å². The maximum Gasteiger partial charge on any atom is 0.234 e. The van der Waals surface area contributed by atoms with Crippen LogP contribution in [0.15, 0.2) is 24.3 Å². The molecule has 110 valence electrons. The summed E-state index contributed by atoms with van der Waals surface area (Å²) in [5.41, 5.74) is 0.